The van der Waals surface area contributed by atoms with Gasteiger partial charge in [0.25, 0.3) is 0 Å². The number of fused-ring (bicyclic) bond motifs is 1. The minimum Gasteiger partial charge on any atom is -0.369 e. The van der Waals surface area contributed by atoms with Gasteiger partial charge in [0.15, 0.2) is 5.65 Å². The van der Waals surface area contributed by atoms with E-state index in [1.807, 2.05) is 23.8 Å². The Morgan fingerprint density at radius 3 is 2.80 bits per heavy atom. The van der Waals surface area contributed by atoms with Crippen LogP contribution in [0.4, 0.5) is 5.95 Å². The van der Waals surface area contributed by atoms with Gasteiger partial charge >= 0.3 is 0 Å². The number of imidazole rings is 1. The lowest BCUT2D eigenvalue weighted by Gasteiger charge is -2.20. The van der Waals surface area contributed by atoms with E-state index in [4.69, 9.17) is 5.73 Å². The van der Waals surface area contributed by atoms with Gasteiger partial charge in [-0.1, -0.05) is 0 Å². The van der Waals surface area contributed by atoms with Crippen molar-refractivity contribution in [3.05, 3.63) is 17.8 Å². The Bertz CT molecular complexity index is 573. The lowest BCUT2D eigenvalue weighted by atomic mass is 10.2. The van der Waals surface area contributed by atoms with Gasteiger partial charge in [0.1, 0.15) is 5.52 Å². The maximum atomic E-state index is 6.01. The number of nitrogens with two attached hydrogens (primary N) is 1. The molecule has 0 amide bonds. The Labute approximate surface area is 120 Å². The first-order chi connectivity index (χ1) is 9.50. The summed E-state index contributed by atoms with van der Waals surface area (Å²) >= 11 is 0. The van der Waals surface area contributed by atoms with E-state index < -0.39 is 0 Å². The second kappa shape index (κ2) is 6.22. The molecule has 2 rings (SSSR count). The highest BCUT2D eigenvalue weighted by atomic mass is 15.2. The van der Waals surface area contributed by atoms with Crippen LogP contribution in [0.3, 0.4) is 0 Å². The van der Waals surface area contributed by atoms with E-state index in [0.717, 1.165) is 42.7 Å². The Kier molecular flexibility index (Phi) is 4.60. The molecule has 20 heavy (non-hydrogen) atoms. The smallest absolute Gasteiger partial charge is 0.202 e. The molecule has 0 aromatic carbocycles. The zero-order valence-electron chi connectivity index (χ0n) is 12.9. The quantitative estimate of drug-likeness (QED) is 0.823. The van der Waals surface area contributed by atoms with Crippen LogP contribution in [0.2, 0.25) is 0 Å². The Balaban J connectivity index is 2.00. The van der Waals surface area contributed by atoms with E-state index in [1.165, 1.54) is 0 Å². The van der Waals surface area contributed by atoms with Gasteiger partial charge in [-0.05, 0) is 58.8 Å². The SMILES string of the molecule is Cc1ccnc2c1nc(N)n2CCCCN(C)C(C)C. The fourth-order valence-electron chi connectivity index (χ4n) is 2.26. The van der Waals surface area contributed by atoms with Gasteiger partial charge in [0.2, 0.25) is 5.95 Å². The molecule has 110 valence electrons. The molecule has 0 spiro atoms. The number of aromatic nitrogens is 3. The van der Waals surface area contributed by atoms with E-state index in [-0.39, 0.29) is 0 Å². The molecule has 0 aliphatic heterocycles. The zero-order valence-corrected chi connectivity index (χ0v) is 12.9. The van der Waals surface area contributed by atoms with Gasteiger partial charge in [0, 0.05) is 18.8 Å². The molecule has 0 aliphatic rings. The molecule has 0 saturated carbocycles. The molecule has 0 saturated heterocycles. The molecule has 0 radical (unpaired) electrons. The molecule has 0 unspecified atom stereocenters. The number of nitrogens with zero attached hydrogens (tertiary/aromatic N) is 4. The van der Waals surface area contributed by atoms with Crippen LogP contribution in [0.15, 0.2) is 12.3 Å². The minimum atomic E-state index is 0.569. The van der Waals surface area contributed by atoms with E-state index in [0.29, 0.717) is 12.0 Å². The number of hydrogen-bond acceptors (Lipinski definition) is 4. The van der Waals surface area contributed by atoms with Crippen molar-refractivity contribution in [2.45, 2.75) is 46.2 Å². The van der Waals surface area contributed by atoms with Crippen molar-refractivity contribution in [3.63, 3.8) is 0 Å². The average molecular weight is 275 g/mol. The van der Waals surface area contributed by atoms with Crippen molar-refractivity contribution < 1.29 is 0 Å². The van der Waals surface area contributed by atoms with Crippen molar-refractivity contribution in [3.8, 4) is 0 Å². The van der Waals surface area contributed by atoms with Crippen LogP contribution < -0.4 is 5.73 Å². The maximum absolute atomic E-state index is 6.01. The second-order valence-corrected chi connectivity index (χ2v) is 5.70. The van der Waals surface area contributed by atoms with E-state index >= 15 is 0 Å². The predicted molar refractivity (Wildman–Crippen MR) is 83.7 cm³/mol. The van der Waals surface area contributed by atoms with Crippen LogP contribution in [0.25, 0.3) is 11.2 Å². The van der Waals surface area contributed by atoms with Crippen molar-refractivity contribution in [1.82, 2.24) is 19.4 Å². The topological polar surface area (TPSA) is 60.0 Å². The first-order valence-electron chi connectivity index (χ1n) is 7.28. The molecule has 2 heterocycles. The number of pyridine rings is 1. The van der Waals surface area contributed by atoms with Crippen molar-refractivity contribution in [1.29, 1.82) is 0 Å². The van der Waals surface area contributed by atoms with Crippen molar-refractivity contribution in [2.24, 2.45) is 0 Å². The lowest BCUT2D eigenvalue weighted by Crippen LogP contribution is -2.27. The number of hydrogen-bond donors (Lipinski definition) is 1. The molecule has 2 N–H and O–H groups in total. The fourth-order valence-corrected chi connectivity index (χ4v) is 2.26. The number of nitrogen functional groups attached to an aromatic ring is 1. The first kappa shape index (κ1) is 14.8. The summed E-state index contributed by atoms with van der Waals surface area (Å²) in [5.41, 5.74) is 8.96. The molecule has 2 aromatic heterocycles. The molecule has 0 aliphatic carbocycles. The van der Waals surface area contributed by atoms with Crippen molar-refractivity contribution in [2.75, 3.05) is 19.3 Å². The Morgan fingerprint density at radius 2 is 2.10 bits per heavy atom. The van der Waals surface area contributed by atoms with Gasteiger partial charge in [-0.3, -0.25) is 4.57 Å². The van der Waals surface area contributed by atoms with Crippen LogP contribution in [0.1, 0.15) is 32.3 Å². The summed E-state index contributed by atoms with van der Waals surface area (Å²) in [6.45, 7) is 8.46. The Hall–Kier alpha value is -1.62. The van der Waals surface area contributed by atoms with Crippen LogP contribution in [-0.4, -0.2) is 39.1 Å². The summed E-state index contributed by atoms with van der Waals surface area (Å²) in [5, 5.41) is 0. The fraction of sp³-hybridized carbons (Fsp3) is 0.600. The van der Waals surface area contributed by atoms with Gasteiger partial charge in [0.05, 0.1) is 0 Å². The minimum absolute atomic E-state index is 0.569. The molecule has 2 aromatic rings. The molecular weight excluding hydrogens is 250 g/mol. The average Bonchev–Trinajstić information content (AvgIpc) is 2.72. The number of aryl methyl sites for hydroxylation is 2. The third kappa shape index (κ3) is 3.10. The van der Waals surface area contributed by atoms with Gasteiger partial charge in [-0.15, -0.1) is 0 Å². The largest absolute Gasteiger partial charge is 0.369 e. The van der Waals surface area contributed by atoms with E-state index in [9.17, 15) is 0 Å². The van der Waals surface area contributed by atoms with Crippen LogP contribution in [0, 0.1) is 6.92 Å². The molecule has 5 heteroatoms. The summed E-state index contributed by atoms with van der Waals surface area (Å²) in [4.78, 5) is 11.2. The van der Waals surface area contributed by atoms with Gasteiger partial charge in [-0.2, -0.15) is 0 Å². The third-order valence-corrected chi connectivity index (χ3v) is 3.89. The van der Waals surface area contributed by atoms with Gasteiger partial charge < -0.3 is 10.6 Å². The molecular formula is C15H25N5. The van der Waals surface area contributed by atoms with Crippen LogP contribution in [0.5, 0.6) is 0 Å². The highest BCUT2D eigenvalue weighted by Crippen LogP contribution is 2.19. The third-order valence-electron chi connectivity index (χ3n) is 3.89. The summed E-state index contributed by atoms with van der Waals surface area (Å²) in [5.74, 6) is 0.569. The monoisotopic (exact) mass is 275 g/mol. The zero-order chi connectivity index (χ0) is 14.7. The van der Waals surface area contributed by atoms with E-state index in [1.54, 1.807) is 0 Å². The second-order valence-electron chi connectivity index (χ2n) is 5.70. The Morgan fingerprint density at radius 1 is 1.35 bits per heavy atom. The predicted octanol–water partition coefficient (Wildman–Crippen LogP) is 2.44. The highest BCUT2D eigenvalue weighted by Gasteiger charge is 2.10. The first-order valence-corrected chi connectivity index (χ1v) is 7.28. The molecule has 0 bridgehead atoms. The number of rotatable bonds is 6. The molecule has 0 atom stereocenters. The summed E-state index contributed by atoms with van der Waals surface area (Å²) in [6.07, 6.45) is 4.06. The van der Waals surface area contributed by atoms with Crippen LogP contribution >= 0.6 is 0 Å². The maximum Gasteiger partial charge on any atom is 0.202 e. The lowest BCUT2D eigenvalue weighted by molar-refractivity contribution is 0.266. The standard InChI is InChI=1S/C15H25N5/c1-11(2)19(4)9-5-6-10-20-14-13(18-15(20)16)12(3)7-8-17-14/h7-8,11H,5-6,9-10H2,1-4H3,(H2,16,18). The molecule has 5 nitrogen and oxygen atoms in total. The summed E-state index contributed by atoms with van der Waals surface area (Å²) in [6, 6.07) is 2.56. The number of unbranched alkanes of at least 4 members (excludes halogenated alkanes) is 1. The van der Waals surface area contributed by atoms with Crippen LogP contribution in [-0.2, 0) is 6.54 Å². The van der Waals surface area contributed by atoms with Crippen molar-refractivity contribution >= 4 is 17.1 Å². The highest BCUT2D eigenvalue weighted by molar-refractivity contribution is 5.77. The molecule has 0 fully saturated rings. The number of anilines is 1. The summed E-state index contributed by atoms with van der Waals surface area (Å²) < 4.78 is 2.03. The van der Waals surface area contributed by atoms with E-state index in [2.05, 4.69) is 35.8 Å². The van der Waals surface area contributed by atoms with Gasteiger partial charge in [-0.25, -0.2) is 9.97 Å². The summed E-state index contributed by atoms with van der Waals surface area (Å²) in [7, 11) is 2.16. The normalized spacial score (nSPS) is 11.9.